The Morgan fingerprint density at radius 1 is 1.22 bits per heavy atom. The number of piperazine rings is 1. The lowest BCUT2D eigenvalue weighted by Crippen LogP contribution is -2.55. The number of H-pyrrole nitrogens is 2. The molecule has 1 aliphatic carbocycles. The fourth-order valence-electron chi connectivity index (χ4n) is 4.56. The van der Waals surface area contributed by atoms with Crippen molar-refractivity contribution in [3.63, 3.8) is 0 Å². The highest BCUT2D eigenvalue weighted by atomic mass is 32.1. The van der Waals surface area contributed by atoms with Gasteiger partial charge in [-0.1, -0.05) is 0 Å². The van der Waals surface area contributed by atoms with Crippen molar-refractivity contribution in [2.75, 3.05) is 13.1 Å². The van der Waals surface area contributed by atoms with Gasteiger partial charge in [0.05, 0.1) is 27.7 Å². The minimum absolute atomic E-state index is 0.0284. The van der Waals surface area contributed by atoms with E-state index in [1.54, 1.807) is 16.8 Å². The third kappa shape index (κ3) is 4.33. The number of carbonyl (C=O) groups is 1. The highest BCUT2D eigenvalue weighted by Crippen LogP contribution is 2.28. The minimum Gasteiger partial charge on any atom is -0.493 e. The van der Waals surface area contributed by atoms with Gasteiger partial charge in [0.1, 0.15) is 5.69 Å². The van der Waals surface area contributed by atoms with Gasteiger partial charge in [-0.2, -0.15) is 9.61 Å². The monoisotopic (exact) mass is 506 g/mol. The maximum absolute atomic E-state index is 13.2. The number of aromatic hydroxyl groups is 1. The van der Waals surface area contributed by atoms with Crippen LogP contribution in [0.4, 0.5) is 0 Å². The Balaban J connectivity index is 1.42. The van der Waals surface area contributed by atoms with Gasteiger partial charge in [0.15, 0.2) is 11.1 Å². The zero-order chi connectivity index (χ0) is 25.0. The van der Waals surface area contributed by atoms with Crippen LogP contribution in [0.15, 0.2) is 34.2 Å². The normalized spacial score (nSPS) is 21.6. The molecule has 0 bridgehead atoms. The fraction of sp³-hybridized carbons (Fsp3) is 0.375. The largest absolute Gasteiger partial charge is 0.493 e. The average Bonchev–Trinajstić information content (AvgIpc) is 3.22. The van der Waals surface area contributed by atoms with Crippen molar-refractivity contribution in [2.45, 2.75) is 44.8 Å². The summed E-state index contributed by atoms with van der Waals surface area (Å²) in [6.45, 7) is 5.52. The van der Waals surface area contributed by atoms with Crippen LogP contribution >= 0.6 is 11.3 Å². The smallest absolute Gasteiger partial charge is 0.326 e. The molecule has 1 amide bonds. The molecule has 1 saturated carbocycles. The lowest BCUT2D eigenvalue weighted by molar-refractivity contribution is 0.0678. The van der Waals surface area contributed by atoms with E-state index in [0.29, 0.717) is 40.0 Å². The van der Waals surface area contributed by atoms with Gasteiger partial charge < -0.3 is 20.3 Å². The number of hydrogen-bond acceptors (Lipinski definition) is 8. The Bertz CT molecular complexity index is 1630. The highest BCUT2D eigenvalue weighted by molar-refractivity contribution is 7.17. The summed E-state index contributed by atoms with van der Waals surface area (Å²) in [6.07, 6.45) is 5.32. The van der Waals surface area contributed by atoms with E-state index in [2.05, 4.69) is 34.2 Å². The Labute approximate surface area is 209 Å². The fourth-order valence-corrected chi connectivity index (χ4v) is 5.50. The Hall–Kier alpha value is -3.77. The number of aromatic nitrogens is 5. The SMILES string of the molecule is CC1CN(C(=O)c2ccc(-c3cc(=NC4CC4)n4nc/c(=C\c5[nH]c(=O)[nH]c5O)c4n3)s2)CC(C)N1. The second kappa shape index (κ2) is 8.71. The van der Waals surface area contributed by atoms with Gasteiger partial charge in [-0.15, -0.1) is 11.3 Å². The zero-order valence-electron chi connectivity index (χ0n) is 19.9. The molecular weight excluding hydrogens is 480 g/mol. The van der Waals surface area contributed by atoms with Crippen LogP contribution in [0.3, 0.4) is 0 Å². The minimum atomic E-state index is -0.502. The van der Waals surface area contributed by atoms with Crippen LogP contribution in [0.1, 0.15) is 42.1 Å². The number of rotatable bonds is 4. The molecule has 2 aliphatic rings. The van der Waals surface area contributed by atoms with E-state index in [9.17, 15) is 14.7 Å². The first-order valence-electron chi connectivity index (χ1n) is 11.9. The van der Waals surface area contributed by atoms with Crippen molar-refractivity contribution in [2.24, 2.45) is 4.99 Å². The maximum atomic E-state index is 13.2. The Morgan fingerprint density at radius 2 is 2.00 bits per heavy atom. The van der Waals surface area contributed by atoms with Gasteiger partial charge in [0, 0.05) is 36.5 Å². The van der Waals surface area contributed by atoms with E-state index in [1.807, 2.05) is 23.1 Å². The van der Waals surface area contributed by atoms with Crippen LogP contribution in [-0.4, -0.2) is 71.7 Å². The summed E-state index contributed by atoms with van der Waals surface area (Å²) < 4.78 is 1.67. The first-order valence-corrected chi connectivity index (χ1v) is 12.8. The second-order valence-corrected chi connectivity index (χ2v) is 10.6. The summed E-state index contributed by atoms with van der Waals surface area (Å²) in [5.74, 6) is -0.225. The number of carbonyl (C=O) groups excluding carboxylic acids is 1. The van der Waals surface area contributed by atoms with Crippen molar-refractivity contribution in [1.82, 2.24) is 34.8 Å². The van der Waals surface area contributed by atoms with Crippen molar-refractivity contribution in [1.29, 1.82) is 0 Å². The highest BCUT2D eigenvalue weighted by Gasteiger charge is 2.27. The molecule has 2 atom stereocenters. The molecule has 36 heavy (non-hydrogen) atoms. The molecule has 11 nitrogen and oxygen atoms in total. The van der Waals surface area contributed by atoms with Crippen LogP contribution in [0, 0.1) is 0 Å². The molecule has 2 fully saturated rings. The lowest BCUT2D eigenvalue weighted by Gasteiger charge is -2.35. The van der Waals surface area contributed by atoms with Crippen LogP contribution in [-0.2, 0) is 0 Å². The van der Waals surface area contributed by atoms with Gasteiger partial charge >= 0.3 is 5.69 Å². The van der Waals surface area contributed by atoms with E-state index in [-0.39, 0.29) is 35.6 Å². The second-order valence-electron chi connectivity index (χ2n) is 9.52. The molecule has 2 unspecified atom stereocenters. The van der Waals surface area contributed by atoms with E-state index in [4.69, 9.17) is 9.98 Å². The molecule has 4 aromatic heterocycles. The average molecular weight is 507 g/mol. The number of nitrogens with one attached hydrogen (secondary N) is 3. The summed E-state index contributed by atoms with van der Waals surface area (Å²) in [5, 5.41) is 18.5. The molecule has 1 aliphatic heterocycles. The van der Waals surface area contributed by atoms with Crippen molar-refractivity contribution >= 4 is 29.0 Å². The summed E-state index contributed by atoms with van der Waals surface area (Å²) in [4.78, 5) is 42.7. The van der Waals surface area contributed by atoms with Crippen LogP contribution in [0.2, 0.25) is 0 Å². The molecule has 186 valence electrons. The van der Waals surface area contributed by atoms with Crippen molar-refractivity contribution < 1.29 is 9.90 Å². The van der Waals surface area contributed by atoms with Gasteiger partial charge in [-0.05, 0) is 44.9 Å². The quantitative estimate of drug-likeness (QED) is 0.319. The number of imidazole rings is 1. The third-order valence-electron chi connectivity index (χ3n) is 6.29. The first-order chi connectivity index (χ1) is 17.3. The number of amides is 1. The number of nitrogens with zero attached hydrogens (tertiary/aromatic N) is 5. The van der Waals surface area contributed by atoms with Crippen molar-refractivity contribution in [3.05, 3.63) is 56.2 Å². The van der Waals surface area contributed by atoms with Gasteiger partial charge in [0.25, 0.3) is 5.91 Å². The molecule has 0 spiro atoms. The first kappa shape index (κ1) is 22.7. The number of aromatic amines is 2. The molecule has 1 saturated heterocycles. The third-order valence-corrected chi connectivity index (χ3v) is 7.39. The zero-order valence-corrected chi connectivity index (χ0v) is 20.7. The number of hydrogen-bond donors (Lipinski definition) is 4. The molecule has 0 aromatic carbocycles. The maximum Gasteiger partial charge on any atom is 0.326 e. The molecule has 0 radical (unpaired) electrons. The van der Waals surface area contributed by atoms with E-state index in [0.717, 1.165) is 17.7 Å². The molecule has 12 heteroatoms. The van der Waals surface area contributed by atoms with Gasteiger partial charge in [0.2, 0.25) is 5.88 Å². The van der Waals surface area contributed by atoms with Crippen molar-refractivity contribution in [3.8, 4) is 16.5 Å². The summed E-state index contributed by atoms with van der Waals surface area (Å²) in [6, 6.07) is 6.43. The number of fused-ring (bicyclic) bond motifs is 1. The molecule has 4 N–H and O–H groups in total. The van der Waals surface area contributed by atoms with Gasteiger partial charge in [-0.3, -0.25) is 14.8 Å². The topological polar surface area (TPSA) is 144 Å². The van der Waals surface area contributed by atoms with Gasteiger partial charge in [-0.25, -0.2) is 9.78 Å². The molecule has 5 heterocycles. The predicted molar refractivity (Wildman–Crippen MR) is 135 cm³/mol. The summed E-state index contributed by atoms with van der Waals surface area (Å²) in [7, 11) is 0. The lowest BCUT2D eigenvalue weighted by atomic mass is 10.1. The number of thiophene rings is 1. The Morgan fingerprint density at radius 3 is 2.69 bits per heavy atom. The molecule has 6 rings (SSSR count). The summed E-state index contributed by atoms with van der Waals surface area (Å²) in [5.41, 5.74) is 1.65. The molecular formula is C24H26N8O3S. The van der Waals surface area contributed by atoms with Crippen LogP contribution < -0.4 is 21.7 Å². The van der Waals surface area contributed by atoms with E-state index < -0.39 is 5.69 Å². The van der Waals surface area contributed by atoms with Crippen LogP contribution in [0.25, 0.3) is 22.3 Å². The van der Waals surface area contributed by atoms with E-state index in [1.165, 1.54) is 11.3 Å². The predicted octanol–water partition coefficient (Wildman–Crippen LogP) is 0.613. The molecule has 4 aromatic rings. The Kier molecular flexibility index (Phi) is 5.49. The van der Waals surface area contributed by atoms with E-state index >= 15 is 0 Å². The summed E-state index contributed by atoms with van der Waals surface area (Å²) >= 11 is 1.41. The van der Waals surface area contributed by atoms with Crippen LogP contribution in [0.5, 0.6) is 5.88 Å². The standard InChI is InChI=1S/C24H26N8O3S/c1-12-10-31(11-13(2)26-12)23(34)19-6-5-18(36-19)16-8-20(27-15-3-4-15)32-21(28-16)14(9-25-32)7-17-22(33)30-24(35)29-17/h5-9,12-13,15,26,33H,3-4,10-11H2,1-2H3,(H2,29,30,35)/b14-7+,27-20?.